The molecule has 1 aromatic heterocycles. The molecule has 0 atom stereocenters. The highest BCUT2D eigenvalue weighted by atomic mass is 16.3. The predicted octanol–water partition coefficient (Wildman–Crippen LogP) is 17.7. The zero-order chi connectivity index (χ0) is 42.4. The second kappa shape index (κ2) is 15.8. The van der Waals surface area contributed by atoms with E-state index in [2.05, 4.69) is 254 Å². The van der Waals surface area contributed by atoms with E-state index in [-0.39, 0.29) is 0 Å². The fourth-order valence-electron chi connectivity index (χ4n) is 9.51. The molecule has 2 nitrogen and oxygen atoms in total. The summed E-state index contributed by atoms with van der Waals surface area (Å²) in [5.74, 6) is 0. The quantitative estimate of drug-likeness (QED) is 0.142. The van der Waals surface area contributed by atoms with Gasteiger partial charge < -0.3 is 9.32 Å². The topological polar surface area (TPSA) is 16.4 Å². The van der Waals surface area contributed by atoms with Crippen molar-refractivity contribution in [1.82, 2.24) is 0 Å². The maximum Gasteiger partial charge on any atom is 0.143 e. The zero-order valence-corrected chi connectivity index (χ0v) is 35.0. The highest BCUT2D eigenvalue weighted by molar-refractivity contribution is 6.30. The second-order valence-corrected chi connectivity index (χ2v) is 16.4. The Kier molecular flexibility index (Phi) is 9.20. The van der Waals surface area contributed by atoms with Crippen LogP contribution in [0.2, 0.25) is 0 Å². The van der Waals surface area contributed by atoms with Crippen molar-refractivity contribution in [3.8, 4) is 55.6 Å². The molecule has 0 N–H and O–H groups in total. The zero-order valence-electron chi connectivity index (χ0n) is 35.0. The molecule has 0 bridgehead atoms. The van der Waals surface area contributed by atoms with E-state index in [0.29, 0.717) is 0 Å². The van der Waals surface area contributed by atoms with Gasteiger partial charge in [-0.2, -0.15) is 0 Å². The number of anilines is 3. The summed E-state index contributed by atoms with van der Waals surface area (Å²) in [6.45, 7) is 0. The van der Waals surface area contributed by atoms with E-state index in [1.165, 1.54) is 44.0 Å². The number of furan rings is 1. The summed E-state index contributed by atoms with van der Waals surface area (Å²) < 4.78 is 6.83. The van der Waals surface area contributed by atoms with Gasteiger partial charge >= 0.3 is 0 Å². The maximum absolute atomic E-state index is 6.83. The van der Waals surface area contributed by atoms with Gasteiger partial charge in [0.1, 0.15) is 11.2 Å². The summed E-state index contributed by atoms with van der Waals surface area (Å²) in [4.78, 5) is 2.34. The first-order chi connectivity index (χ1) is 31.7. The van der Waals surface area contributed by atoms with Gasteiger partial charge in [0.25, 0.3) is 0 Å². The summed E-state index contributed by atoms with van der Waals surface area (Å²) >= 11 is 0. The molecular weight excluding hydrogens is 775 g/mol. The van der Waals surface area contributed by atoms with Crippen molar-refractivity contribution in [2.45, 2.75) is 0 Å². The minimum Gasteiger partial charge on any atom is -0.455 e. The largest absolute Gasteiger partial charge is 0.455 e. The Morgan fingerprint density at radius 1 is 0.250 bits per heavy atom. The molecule has 0 aliphatic carbocycles. The fraction of sp³-hybridized carbons (Fsp3) is 0. The standard InChI is InChI=1S/C62H41NO/c1-4-14-42(15-5-1)45-28-34-50(35-29-45)63(51-36-30-46(31-37-51)43-16-6-2-7-17-43)52-38-32-47(33-39-52)44-24-26-49(27-25-44)57-40-59-60(41-58(57)48-18-8-3-9-19-48)64-62-56-23-13-11-21-54(56)53-20-10-12-22-55(53)61(59)62/h1-41H. The summed E-state index contributed by atoms with van der Waals surface area (Å²) in [5, 5.41) is 7.08. The molecule has 64 heavy (non-hydrogen) atoms. The Bertz CT molecular complexity index is 3510. The molecule has 2 heteroatoms. The molecule has 0 saturated heterocycles. The minimum atomic E-state index is 0.893. The molecule has 0 spiro atoms. The van der Waals surface area contributed by atoms with Crippen molar-refractivity contribution in [1.29, 1.82) is 0 Å². The second-order valence-electron chi connectivity index (χ2n) is 16.4. The summed E-state index contributed by atoms with van der Waals surface area (Å²) in [6.07, 6.45) is 0. The third-order valence-electron chi connectivity index (χ3n) is 12.7. The van der Waals surface area contributed by atoms with E-state index in [0.717, 1.165) is 72.2 Å². The fourth-order valence-corrected chi connectivity index (χ4v) is 9.51. The van der Waals surface area contributed by atoms with Gasteiger partial charge in [0.15, 0.2) is 0 Å². The highest BCUT2D eigenvalue weighted by Crippen LogP contribution is 2.45. The van der Waals surface area contributed by atoms with Crippen molar-refractivity contribution >= 4 is 60.5 Å². The molecule has 1 heterocycles. The van der Waals surface area contributed by atoms with Gasteiger partial charge in [0.2, 0.25) is 0 Å². The first-order valence-corrected chi connectivity index (χ1v) is 21.9. The Hall–Kier alpha value is -8.46. The summed E-state index contributed by atoms with van der Waals surface area (Å²) in [6, 6.07) is 89.4. The Labute approximate surface area is 372 Å². The van der Waals surface area contributed by atoms with Gasteiger partial charge in [-0.3, -0.25) is 0 Å². The van der Waals surface area contributed by atoms with Crippen LogP contribution >= 0.6 is 0 Å². The van der Waals surface area contributed by atoms with Crippen LogP contribution in [0.3, 0.4) is 0 Å². The van der Waals surface area contributed by atoms with Crippen LogP contribution < -0.4 is 4.90 Å². The van der Waals surface area contributed by atoms with Crippen LogP contribution in [0, 0.1) is 0 Å². The number of rotatable bonds is 8. The van der Waals surface area contributed by atoms with Gasteiger partial charge in [0.05, 0.1) is 0 Å². The van der Waals surface area contributed by atoms with Crippen LogP contribution in [0.4, 0.5) is 17.1 Å². The van der Waals surface area contributed by atoms with E-state index < -0.39 is 0 Å². The van der Waals surface area contributed by atoms with Crippen molar-refractivity contribution in [3.05, 3.63) is 249 Å². The molecule has 12 aromatic rings. The molecule has 0 unspecified atom stereocenters. The van der Waals surface area contributed by atoms with Gasteiger partial charge in [-0.15, -0.1) is 0 Å². The average Bonchev–Trinajstić information content (AvgIpc) is 3.77. The first-order valence-electron chi connectivity index (χ1n) is 21.9. The predicted molar refractivity (Wildman–Crippen MR) is 271 cm³/mol. The number of hydrogen-bond donors (Lipinski definition) is 0. The van der Waals surface area contributed by atoms with E-state index >= 15 is 0 Å². The molecule has 300 valence electrons. The number of nitrogens with zero attached hydrogens (tertiary/aromatic N) is 1. The third kappa shape index (κ3) is 6.61. The summed E-state index contributed by atoms with van der Waals surface area (Å²) in [7, 11) is 0. The SMILES string of the molecule is c1ccc(-c2ccc(N(c3ccc(-c4ccccc4)cc3)c3ccc(-c4ccc(-c5cc6c(cc5-c5ccccc5)oc5c7ccccc7c7ccccc7c65)cc4)cc3)cc2)cc1. The van der Waals surface area contributed by atoms with E-state index in [1.807, 2.05) is 0 Å². The highest BCUT2D eigenvalue weighted by Gasteiger charge is 2.20. The van der Waals surface area contributed by atoms with E-state index in [4.69, 9.17) is 4.42 Å². The molecule has 12 rings (SSSR count). The molecule has 11 aromatic carbocycles. The molecular formula is C62H41NO. The number of fused-ring (bicyclic) bond motifs is 8. The first kappa shape index (κ1) is 37.3. The van der Waals surface area contributed by atoms with Crippen molar-refractivity contribution in [2.24, 2.45) is 0 Å². The molecule has 0 saturated carbocycles. The van der Waals surface area contributed by atoms with E-state index in [9.17, 15) is 0 Å². The van der Waals surface area contributed by atoms with Crippen LogP contribution in [0.5, 0.6) is 0 Å². The van der Waals surface area contributed by atoms with Crippen LogP contribution in [0.1, 0.15) is 0 Å². The van der Waals surface area contributed by atoms with Gasteiger partial charge in [0, 0.05) is 33.2 Å². The molecule has 0 aliphatic heterocycles. The lowest BCUT2D eigenvalue weighted by Gasteiger charge is -2.26. The molecule has 0 amide bonds. The van der Waals surface area contributed by atoms with Crippen molar-refractivity contribution in [2.75, 3.05) is 4.90 Å². The lowest BCUT2D eigenvalue weighted by molar-refractivity contribution is 0.673. The van der Waals surface area contributed by atoms with Crippen LogP contribution in [-0.4, -0.2) is 0 Å². The van der Waals surface area contributed by atoms with Crippen LogP contribution in [0.25, 0.3) is 99.1 Å². The van der Waals surface area contributed by atoms with Gasteiger partial charge in [-0.05, 0) is 120 Å². The van der Waals surface area contributed by atoms with Crippen LogP contribution in [-0.2, 0) is 0 Å². The smallest absolute Gasteiger partial charge is 0.143 e. The monoisotopic (exact) mass is 815 g/mol. The molecule has 0 fully saturated rings. The maximum atomic E-state index is 6.83. The summed E-state index contributed by atoms with van der Waals surface area (Å²) in [5.41, 5.74) is 16.9. The lowest BCUT2D eigenvalue weighted by atomic mass is 9.90. The Balaban J connectivity index is 0.921. The van der Waals surface area contributed by atoms with Crippen molar-refractivity contribution in [3.63, 3.8) is 0 Å². The van der Waals surface area contributed by atoms with Crippen LogP contribution in [0.15, 0.2) is 253 Å². The normalized spacial score (nSPS) is 11.4. The molecule has 0 aliphatic rings. The van der Waals surface area contributed by atoms with Gasteiger partial charge in [-0.1, -0.05) is 200 Å². The van der Waals surface area contributed by atoms with Gasteiger partial charge in [-0.25, -0.2) is 0 Å². The van der Waals surface area contributed by atoms with Crippen molar-refractivity contribution < 1.29 is 4.42 Å². The third-order valence-corrected chi connectivity index (χ3v) is 12.7. The Morgan fingerprint density at radius 3 is 1.06 bits per heavy atom. The Morgan fingerprint density at radius 2 is 0.578 bits per heavy atom. The molecule has 0 radical (unpaired) electrons. The minimum absolute atomic E-state index is 0.893. The number of hydrogen-bond acceptors (Lipinski definition) is 2. The average molecular weight is 816 g/mol. The van der Waals surface area contributed by atoms with E-state index in [1.54, 1.807) is 0 Å². The number of benzene rings is 11. The lowest BCUT2D eigenvalue weighted by Crippen LogP contribution is -2.09.